The van der Waals surface area contributed by atoms with Gasteiger partial charge in [0.2, 0.25) is 0 Å². The lowest BCUT2D eigenvalue weighted by Crippen LogP contribution is -1.84. The molecule has 2 heteroatoms. The minimum Gasteiger partial charge on any atom is -0.0473 e. The zero-order valence-electron chi connectivity index (χ0n) is 6.56. The van der Waals surface area contributed by atoms with Gasteiger partial charge in [0.15, 0.2) is 9.52 Å². The highest BCUT2D eigenvalue weighted by atomic mass is 79.9. The maximum Gasteiger partial charge on any atom is 0.191 e. The van der Waals surface area contributed by atoms with Crippen molar-refractivity contribution >= 4 is 28.8 Å². The fourth-order valence-electron chi connectivity index (χ4n) is 1.41. The molecule has 2 rings (SSSR count). The molecular formula is C9H9BrP+. The van der Waals surface area contributed by atoms with Gasteiger partial charge in [-0.05, 0) is 24.6 Å². The number of hydrogen-bond acceptors (Lipinski definition) is 0. The smallest absolute Gasteiger partial charge is 0.0473 e. The molecular weight excluding hydrogens is 219 g/mol. The van der Waals surface area contributed by atoms with E-state index in [1.54, 1.807) is 0 Å². The molecule has 0 bridgehead atoms. The van der Waals surface area contributed by atoms with Gasteiger partial charge in [-0.15, -0.1) is 0 Å². The van der Waals surface area contributed by atoms with Crippen LogP contribution >= 0.6 is 23.5 Å². The van der Waals surface area contributed by atoms with E-state index in [9.17, 15) is 0 Å². The second kappa shape index (κ2) is 2.43. The minimum atomic E-state index is -0.0435. The van der Waals surface area contributed by atoms with E-state index in [2.05, 4.69) is 47.7 Å². The molecule has 0 fully saturated rings. The summed E-state index contributed by atoms with van der Waals surface area (Å²) in [4.78, 5) is 0. The Morgan fingerprint density at radius 2 is 2.00 bits per heavy atom. The first kappa shape index (κ1) is 7.52. The summed E-state index contributed by atoms with van der Waals surface area (Å²) in [6.07, 6.45) is 6.79. The monoisotopic (exact) mass is 227 g/mol. The van der Waals surface area contributed by atoms with E-state index in [0.717, 1.165) is 0 Å². The van der Waals surface area contributed by atoms with Crippen LogP contribution in [0, 0.1) is 0 Å². The molecule has 0 N–H and O–H groups in total. The molecule has 1 aliphatic heterocycles. The first-order valence-electron chi connectivity index (χ1n) is 3.57. The summed E-state index contributed by atoms with van der Waals surface area (Å²) in [5.74, 6) is 0. The zero-order chi connectivity index (χ0) is 8.01. The molecule has 1 heterocycles. The van der Waals surface area contributed by atoms with E-state index in [0.29, 0.717) is 0 Å². The van der Waals surface area contributed by atoms with Crippen LogP contribution in [0.3, 0.4) is 0 Å². The highest BCUT2D eigenvalue weighted by molar-refractivity contribution is 9.13. The van der Waals surface area contributed by atoms with E-state index < -0.39 is 0 Å². The maximum atomic E-state index is 3.58. The molecule has 0 amide bonds. The molecule has 0 radical (unpaired) electrons. The molecule has 0 saturated heterocycles. The average Bonchev–Trinajstić information content (AvgIpc) is 2.37. The second-order valence-corrected chi connectivity index (χ2v) is 6.45. The van der Waals surface area contributed by atoms with Crippen molar-refractivity contribution in [1.29, 1.82) is 0 Å². The third-order valence-corrected chi connectivity index (χ3v) is 5.70. The first-order chi connectivity index (χ1) is 5.18. The summed E-state index contributed by atoms with van der Waals surface area (Å²) in [5.41, 5.74) is 2.81. The maximum absolute atomic E-state index is 3.58. The van der Waals surface area contributed by atoms with Gasteiger partial charge in [-0.25, -0.2) is 0 Å². The molecule has 56 valence electrons. The van der Waals surface area contributed by atoms with Crippen LogP contribution in [0.25, 0.3) is 0 Å². The predicted octanol–water partition coefficient (Wildman–Crippen LogP) is 3.41. The molecule has 0 aromatic rings. The molecule has 1 unspecified atom stereocenters. The molecule has 1 aliphatic carbocycles. The van der Waals surface area contributed by atoms with Crippen molar-refractivity contribution in [2.24, 2.45) is 0 Å². The fourth-order valence-corrected chi connectivity index (χ4v) is 3.70. The number of fused-ring (bicyclic) bond motifs is 1. The Labute approximate surface area is 76.2 Å². The average molecular weight is 228 g/mol. The first-order valence-corrected chi connectivity index (χ1v) is 6.15. The number of rotatable bonds is 0. The normalized spacial score (nSPS) is 24.8. The summed E-state index contributed by atoms with van der Waals surface area (Å²) >= 11 is 3.58. The standard InChI is InChI=1S/C9H9BrP/c1-6-3-7-5-9(10)11(2)8(7)4-6/h3-5H,1-2H3/q+1. The number of halogens is 1. The molecule has 0 spiro atoms. The highest BCUT2D eigenvalue weighted by Gasteiger charge is 2.28. The van der Waals surface area contributed by atoms with Crippen LogP contribution in [0.15, 0.2) is 33.6 Å². The van der Waals surface area contributed by atoms with E-state index in [1.165, 1.54) is 20.7 Å². The van der Waals surface area contributed by atoms with Gasteiger partial charge in [0.05, 0.1) is 0 Å². The predicted molar refractivity (Wildman–Crippen MR) is 56.7 cm³/mol. The Hall–Kier alpha value is -0.130. The van der Waals surface area contributed by atoms with Crippen molar-refractivity contribution in [2.45, 2.75) is 6.92 Å². The van der Waals surface area contributed by atoms with E-state index in [1.807, 2.05) is 0 Å². The second-order valence-electron chi connectivity index (χ2n) is 2.90. The van der Waals surface area contributed by atoms with Crippen molar-refractivity contribution in [3.63, 3.8) is 0 Å². The minimum absolute atomic E-state index is 0.0435. The molecule has 1 atom stereocenters. The summed E-state index contributed by atoms with van der Waals surface area (Å²) in [6, 6.07) is 0. The van der Waals surface area contributed by atoms with Gasteiger partial charge in [-0.2, -0.15) is 0 Å². The van der Waals surface area contributed by atoms with Crippen LogP contribution in [0.2, 0.25) is 0 Å². The van der Waals surface area contributed by atoms with Crippen LogP contribution in [0.4, 0.5) is 0 Å². The molecule has 0 nitrogen and oxygen atoms in total. The quantitative estimate of drug-likeness (QED) is 0.557. The third kappa shape index (κ3) is 1.07. The third-order valence-electron chi connectivity index (χ3n) is 2.00. The lowest BCUT2D eigenvalue weighted by molar-refractivity contribution is 1.56. The molecule has 0 saturated carbocycles. The molecule has 0 aromatic heterocycles. The Bertz CT molecular complexity index is 343. The van der Waals surface area contributed by atoms with Gasteiger partial charge in [0.1, 0.15) is 14.2 Å². The lowest BCUT2D eigenvalue weighted by Gasteiger charge is -1.80. The van der Waals surface area contributed by atoms with E-state index >= 15 is 0 Å². The van der Waals surface area contributed by atoms with Gasteiger partial charge < -0.3 is 0 Å². The zero-order valence-corrected chi connectivity index (χ0v) is 9.04. The van der Waals surface area contributed by atoms with Gasteiger partial charge >= 0.3 is 0 Å². The Balaban J connectivity index is 2.58. The van der Waals surface area contributed by atoms with Crippen molar-refractivity contribution in [1.82, 2.24) is 0 Å². The van der Waals surface area contributed by atoms with Crippen LogP contribution < -0.4 is 0 Å². The van der Waals surface area contributed by atoms with Crippen LogP contribution in [0.1, 0.15) is 6.92 Å². The van der Waals surface area contributed by atoms with Crippen LogP contribution in [-0.4, -0.2) is 12.0 Å². The van der Waals surface area contributed by atoms with Crippen molar-refractivity contribution in [2.75, 3.05) is 6.66 Å². The van der Waals surface area contributed by atoms with Gasteiger partial charge in [0.25, 0.3) is 0 Å². The number of allylic oxidation sites excluding steroid dienone is 5. The van der Waals surface area contributed by atoms with Crippen molar-refractivity contribution in [3.8, 4) is 0 Å². The lowest BCUT2D eigenvalue weighted by atomic mass is 10.2. The van der Waals surface area contributed by atoms with E-state index in [4.69, 9.17) is 0 Å². The summed E-state index contributed by atoms with van der Waals surface area (Å²) in [7, 11) is -0.0435. The van der Waals surface area contributed by atoms with Crippen LogP contribution in [0.5, 0.6) is 0 Å². The summed E-state index contributed by atoms with van der Waals surface area (Å²) in [6.45, 7) is 4.45. The van der Waals surface area contributed by atoms with E-state index in [-0.39, 0.29) is 7.55 Å². The molecule has 11 heavy (non-hydrogen) atoms. The van der Waals surface area contributed by atoms with Crippen molar-refractivity contribution < 1.29 is 0 Å². The van der Waals surface area contributed by atoms with Crippen LogP contribution in [-0.2, 0) is 0 Å². The number of hydrogen-bond donors (Lipinski definition) is 0. The Morgan fingerprint density at radius 3 is 2.64 bits per heavy atom. The Morgan fingerprint density at radius 1 is 1.27 bits per heavy atom. The summed E-state index contributed by atoms with van der Waals surface area (Å²) in [5, 5.41) is 1.53. The molecule has 2 aliphatic rings. The molecule has 0 aromatic carbocycles. The highest BCUT2D eigenvalue weighted by Crippen LogP contribution is 2.46. The topological polar surface area (TPSA) is 0 Å². The van der Waals surface area contributed by atoms with Gasteiger partial charge in [-0.1, -0.05) is 0 Å². The van der Waals surface area contributed by atoms with Crippen molar-refractivity contribution in [3.05, 3.63) is 33.6 Å². The largest absolute Gasteiger partial charge is 0.191 e. The summed E-state index contributed by atoms with van der Waals surface area (Å²) < 4.78 is 1.37. The van der Waals surface area contributed by atoms with Gasteiger partial charge in [-0.3, -0.25) is 0 Å². The Kier molecular flexibility index (Phi) is 1.66. The fraction of sp³-hybridized carbons (Fsp3) is 0.222. The SMILES string of the molecule is CC1=CC2=[P+](C)C(Br)=CC2=C1. The van der Waals surface area contributed by atoms with Gasteiger partial charge in [0, 0.05) is 27.6 Å².